The minimum Gasteiger partial charge on any atom is -0.492 e. The summed E-state index contributed by atoms with van der Waals surface area (Å²) in [6, 6.07) is 3.78. The van der Waals surface area contributed by atoms with E-state index in [1.807, 2.05) is 0 Å². The zero-order chi connectivity index (χ0) is 25.1. The van der Waals surface area contributed by atoms with Gasteiger partial charge in [-0.25, -0.2) is 13.2 Å². The molecule has 4 amide bonds. The Labute approximate surface area is 201 Å². The lowest BCUT2D eigenvalue weighted by atomic mass is 9.81. The van der Waals surface area contributed by atoms with E-state index in [9.17, 15) is 22.8 Å². The van der Waals surface area contributed by atoms with Crippen LogP contribution in [0.15, 0.2) is 23.1 Å². The average molecular weight is 495 g/mol. The fourth-order valence-corrected chi connectivity index (χ4v) is 6.25. The number of sulfonamides is 1. The number of urea groups is 1. The maximum atomic E-state index is 13.2. The first-order chi connectivity index (χ1) is 16.1. The SMILES string of the molecule is CCOc1ccc(S(=O)(=O)N(CC)CC)cc1NC(=O)CN1C(=O)N(C)C2(CCCCC2)C1=O. The maximum absolute atomic E-state index is 13.2. The fourth-order valence-electron chi connectivity index (χ4n) is 4.77. The predicted octanol–water partition coefficient (Wildman–Crippen LogP) is 2.65. The van der Waals surface area contributed by atoms with Crippen molar-refractivity contribution in [2.45, 2.75) is 63.3 Å². The zero-order valence-corrected chi connectivity index (χ0v) is 21.1. The van der Waals surface area contributed by atoms with Crippen LogP contribution in [0.3, 0.4) is 0 Å². The van der Waals surface area contributed by atoms with Crippen LogP contribution in [-0.2, 0) is 19.6 Å². The third kappa shape index (κ3) is 4.63. The molecule has 1 aromatic carbocycles. The van der Waals surface area contributed by atoms with E-state index >= 15 is 0 Å². The second-order valence-corrected chi connectivity index (χ2v) is 10.5. The highest BCUT2D eigenvalue weighted by Crippen LogP contribution is 2.39. The molecule has 0 unspecified atom stereocenters. The molecule has 1 N–H and O–H groups in total. The molecule has 2 fully saturated rings. The number of rotatable bonds is 9. The molecule has 0 atom stereocenters. The van der Waals surface area contributed by atoms with E-state index in [4.69, 9.17) is 4.74 Å². The number of hydrogen-bond donors (Lipinski definition) is 1. The van der Waals surface area contributed by atoms with Crippen LogP contribution >= 0.6 is 0 Å². The van der Waals surface area contributed by atoms with Gasteiger partial charge in [0.15, 0.2) is 0 Å². The van der Waals surface area contributed by atoms with Gasteiger partial charge >= 0.3 is 6.03 Å². The normalized spacial score (nSPS) is 18.1. The van der Waals surface area contributed by atoms with Gasteiger partial charge in [-0.3, -0.25) is 14.5 Å². The minimum atomic E-state index is -3.76. The van der Waals surface area contributed by atoms with Gasteiger partial charge in [0.05, 0.1) is 17.2 Å². The van der Waals surface area contributed by atoms with Crippen molar-refractivity contribution in [3.05, 3.63) is 18.2 Å². The Morgan fingerprint density at radius 3 is 2.35 bits per heavy atom. The van der Waals surface area contributed by atoms with Crippen molar-refractivity contribution >= 4 is 33.6 Å². The van der Waals surface area contributed by atoms with Crippen LogP contribution in [0.1, 0.15) is 52.9 Å². The van der Waals surface area contributed by atoms with E-state index in [1.165, 1.54) is 27.4 Å². The van der Waals surface area contributed by atoms with Gasteiger partial charge in [-0.15, -0.1) is 0 Å². The number of imide groups is 1. The van der Waals surface area contributed by atoms with Crippen LogP contribution in [0.25, 0.3) is 0 Å². The minimum absolute atomic E-state index is 0.0178. The average Bonchev–Trinajstić information content (AvgIpc) is 2.97. The standard InChI is InChI=1S/C23H34N4O6S/c1-5-26(6-2)34(31,32)17-11-12-19(33-7-3)18(15-17)24-20(28)16-27-21(29)23(25(4)22(27)30)13-9-8-10-14-23/h11-12,15H,5-10,13-14,16H2,1-4H3,(H,24,28). The first-order valence-corrected chi connectivity index (χ1v) is 13.2. The Kier molecular flexibility index (Phi) is 7.87. The monoisotopic (exact) mass is 494 g/mol. The second-order valence-electron chi connectivity index (χ2n) is 8.55. The summed E-state index contributed by atoms with van der Waals surface area (Å²) in [6.07, 6.45) is 3.91. The molecule has 1 aliphatic heterocycles. The highest BCUT2D eigenvalue weighted by atomic mass is 32.2. The van der Waals surface area contributed by atoms with Crippen molar-refractivity contribution in [1.82, 2.24) is 14.1 Å². The third-order valence-corrected chi connectivity index (χ3v) is 8.70. The van der Waals surface area contributed by atoms with Crippen LogP contribution in [-0.4, -0.2) is 79.2 Å². The van der Waals surface area contributed by atoms with Gasteiger partial charge in [0.2, 0.25) is 15.9 Å². The first kappa shape index (κ1) is 26.0. The van der Waals surface area contributed by atoms with Crippen LogP contribution in [0.5, 0.6) is 5.75 Å². The lowest BCUT2D eigenvalue weighted by Crippen LogP contribution is -2.49. The third-order valence-electron chi connectivity index (χ3n) is 6.65. The number of ether oxygens (including phenoxy) is 1. The lowest BCUT2D eigenvalue weighted by molar-refractivity contribution is -0.136. The molecule has 1 saturated carbocycles. The van der Waals surface area contributed by atoms with E-state index < -0.39 is 34.0 Å². The highest BCUT2D eigenvalue weighted by molar-refractivity contribution is 7.89. The van der Waals surface area contributed by atoms with Crippen LogP contribution in [0, 0.1) is 0 Å². The van der Waals surface area contributed by atoms with Crippen molar-refractivity contribution in [1.29, 1.82) is 0 Å². The number of nitrogens with one attached hydrogen (secondary N) is 1. The summed E-state index contributed by atoms with van der Waals surface area (Å²) in [5.41, 5.74) is -0.705. The number of carbonyl (C=O) groups excluding carboxylic acids is 3. The van der Waals surface area contributed by atoms with E-state index in [-0.39, 0.29) is 16.5 Å². The maximum Gasteiger partial charge on any atom is 0.327 e. The molecule has 34 heavy (non-hydrogen) atoms. The molecule has 11 heteroatoms. The molecule has 1 heterocycles. The van der Waals surface area contributed by atoms with Gasteiger partial charge in [0.25, 0.3) is 5.91 Å². The van der Waals surface area contributed by atoms with E-state index in [0.717, 1.165) is 24.2 Å². The molecule has 0 radical (unpaired) electrons. The largest absolute Gasteiger partial charge is 0.492 e. The molecule has 2 aliphatic rings. The molecular formula is C23H34N4O6S. The number of amides is 4. The van der Waals surface area contributed by atoms with Gasteiger partial charge in [-0.2, -0.15) is 4.31 Å². The van der Waals surface area contributed by atoms with Crippen molar-refractivity contribution in [3.63, 3.8) is 0 Å². The number of likely N-dealkylation sites (N-methyl/N-ethyl adjacent to an activating group) is 1. The van der Waals surface area contributed by atoms with Crippen LogP contribution in [0.2, 0.25) is 0 Å². The van der Waals surface area contributed by atoms with Gasteiger partial charge in [0, 0.05) is 20.1 Å². The molecule has 1 spiro atoms. The Bertz CT molecular complexity index is 1050. The molecule has 1 aliphatic carbocycles. The van der Waals surface area contributed by atoms with Crippen molar-refractivity contribution in [3.8, 4) is 5.75 Å². The van der Waals surface area contributed by atoms with E-state index in [0.29, 0.717) is 38.3 Å². The summed E-state index contributed by atoms with van der Waals surface area (Å²) >= 11 is 0. The van der Waals surface area contributed by atoms with Gasteiger partial charge < -0.3 is 15.0 Å². The highest BCUT2D eigenvalue weighted by Gasteiger charge is 2.55. The summed E-state index contributed by atoms with van der Waals surface area (Å²) in [7, 11) is -2.15. The summed E-state index contributed by atoms with van der Waals surface area (Å²) in [5.74, 6) is -0.659. The Morgan fingerprint density at radius 1 is 1.12 bits per heavy atom. The molecular weight excluding hydrogens is 460 g/mol. The number of anilines is 1. The Morgan fingerprint density at radius 2 is 1.76 bits per heavy atom. The van der Waals surface area contributed by atoms with Gasteiger partial charge in [-0.1, -0.05) is 33.1 Å². The van der Waals surface area contributed by atoms with Crippen molar-refractivity contribution < 1.29 is 27.5 Å². The summed E-state index contributed by atoms with van der Waals surface area (Å²) in [4.78, 5) is 41.4. The quantitative estimate of drug-likeness (QED) is 0.528. The van der Waals surface area contributed by atoms with Gasteiger partial charge in [0.1, 0.15) is 17.8 Å². The number of carbonyl (C=O) groups is 3. The van der Waals surface area contributed by atoms with Crippen molar-refractivity contribution in [2.24, 2.45) is 0 Å². The Hall–Kier alpha value is -2.66. The summed E-state index contributed by atoms with van der Waals surface area (Å²) < 4.78 is 32.8. The molecule has 188 valence electrons. The van der Waals surface area contributed by atoms with Crippen LogP contribution < -0.4 is 10.1 Å². The zero-order valence-electron chi connectivity index (χ0n) is 20.3. The lowest BCUT2D eigenvalue weighted by Gasteiger charge is -2.35. The van der Waals surface area contributed by atoms with Crippen LogP contribution in [0.4, 0.5) is 10.5 Å². The van der Waals surface area contributed by atoms with Gasteiger partial charge in [-0.05, 0) is 38.0 Å². The molecule has 1 saturated heterocycles. The second kappa shape index (κ2) is 10.3. The number of nitrogens with zero attached hydrogens (tertiary/aromatic N) is 3. The fraction of sp³-hybridized carbons (Fsp3) is 0.609. The molecule has 0 bridgehead atoms. The molecule has 1 aromatic rings. The Balaban J connectivity index is 1.83. The predicted molar refractivity (Wildman–Crippen MR) is 127 cm³/mol. The first-order valence-electron chi connectivity index (χ1n) is 11.8. The molecule has 0 aromatic heterocycles. The summed E-state index contributed by atoms with van der Waals surface area (Å²) in [6.45, 7) is 5.73. The van der Waals surface area contributed by atoms with E-state index in [2.05, 4.69) is 5.32 Å². The number of hydrogen-bond acceptors (Lipinski definition) is 6. The van der Waals surface area contributed by atoms with Crippen molar-refractivity contribution in [2.75, 3.05) is 38.6 Å². The summed E-state index contributed by atoms with van der Waals surface area (Å²) in [5, 5.41) is 2.65. The smallest absolute Gasteiger partial charge is 0.327 e. The van der Waals surface area contributed by atoms with E-state index in [1.54, 1.807) is 27.8 Å². The topological polar surface area (TPSA) is 116 Å². The molecule has 10 nitrogen and oxygen atoms in total. The number of benzene rings is 1. The molecule has 3 rings (SSSR count).